The van der Waals surface area contributed by atoms with Crippen molar-refractivity contribution in [3.63, 3.8) is 0 Å². The fraction of sp³-hybridized carbons (Fsp3) is 0.214. The minimum atomic E-state index is -1.00. The average molecular weight is 308 g/mol. The topological polar surface area (TPSA) is 63.5 Å². The van der Waals surface area contributed by atoms with E-state index in [1.54, 1.807) is 4.90 Å². The maximum Gasteiger partial charge on any atom is 0.304 e. The third-order valence-electron chi connectivity index (χ3n) is 2.99. The van der Waals surface area contributed by atoms with Gasteiger partial charge in [0.25, 0.3) is 5.91 Å². The molecule has 1 amide bonds. The van der Waals surface area contributed by atoms with Crippen LogP contribution in [0.2, 0.25) is 0 Å². The molecule has 2 aromatic rings. The lowest BCUT2D eigenvalue weighted by molar-refractivity contribution is -0.387. The molecular weight excluding hydrogens is 295 g/mol. The number of halogens is 1. The zero-order chi connectivity index (χ0) is 15.4. The van der Waals surface area contributed by atoms with Gasteiger partial charge in [0.1, 0.15) is 0 Å². The summed E-state index contributed by atoms with van der Waals surface area (Å²) in [5, 5.41) is 12.5. The minimum Gasteiger partial charge on any atom is -0.334 e. The van der Waals surface area contributed by atoms with Crippen molar-refractivity contribution in [2.24, 2.45) is 0 Å². The van der Waals surface area contributed by atoms with Crippen LogP contribution in [0.25, 0.3) is 0 Å². The summed E-state index contributed by atoms with van der Waals surface area (Å²) in [6.45, 7) is 2.73. The number of hydrogen-bond acceptors (Lipinski definition) is 4. The summed E-state index contributed by atoms with van der Waals surface area (Å²) in [4.78, 5) is 24.7. The van der Waals surface area contributed by atoms with E-state index in [4.69, 9.17) is 0 Å². The van der Waals surface area contributed by atoms with Gasteiger partial charge < -0.3 is 4.90 Å². The van der Waals surface area contributed by atoms with E-state index in [-0.39, 0.29) is 11.5 Å². The largest absolute Gasteiger partial charge is 0.334 e. The highest BCUT2D eigenvalue weighted by atomic mass is 32.1. The minimum absolute atomic E-state index is 0.108. The third-order valence-corrected chi connectivity index (χ3v) is 3.85. The van der Waals surface area contributed by atoms with Gasteiger partial charge in [0.15, 0.2) is 0 Å². The first-order chi connectivity index (χ1) is 10.0. The quantitative estimate of drug-likeness (QED) is 0.627. The van der Waals surface area contributed by atoms with Gasteiger partial charge in [0.2, 0.25) is 5.82 Å². The Morgan fingerprint density at radius 2 is 2.19 bits per heavy atom. The number of hydrogen-bond donors (Lipinski definition) is 0. The Morgan fingerprint density at radius 1 is 1.43 bits per heavy atom. The lowest BCUT2D eigenvalue weighted by atomic mass is 10.1. The van der Waals surface area contributed by atoms with Crippen LogP contribution in [0, 0.1) is 15.9 Å². The van der Waals surface area contributed by atoms with Crippen molar-refractivity contribution >= 4 is 22.9 Å². The standard InChI is InChI=1S/C14H13FN2O3S/c1-2-16(9-11-4-3-7-21-11)14(18)10-5-6-13(17(19)20)12(15)8-10/h3-8H,2,9H2,1H3. The van der Waals surface area contributed by atoms with Gasteiger partial charge in [-0.2, -0.15) is 4.39 Å². The summed E-state index contributed by atoms with van der Waals surface area (Å²) in [7, 11) is 0. The highest BCUT2D eigenvalue weighted by molar-refractivity contribution is 7.09. The monoisotopic (exact) mass is 308 g/mol. The molecule has 7 heteroatoms. The molecule has 2 rings (SSSR count). The van der Waals surface area contributed by atoms with Crippen molar-refractivity contribution in [3.05, 3.63) is 62.1 Å². The van der Waals surface area contributed by atoms with Crippen LogP contribution < -0.4 is 0 Å². The van der Waals surface area contributed by atoms with Crippen LogP contribution in [-0.2, 0) is 6.54 Å². The molecule has 1 aromatic heterocycles. The maximum atomic E-state index is 13.6. The van der Waals surface area contributed by atoms with Gasteiger partial charge in [-0.1, -0.05) is 6.07 Å². The lowest BCUT2D eigenvalue weighted by Gasteiger charge is -2.20. The van der Waals surface area contributed by atoms with Gasteiger partial charge in [-0.3, -0.25) is 14.9 Å². The Morgan fingerprint density at radius 3 is 2.71 bits per heavy atom. The van der Waals surface area contributed by atoms with E-state index in [0.717, 1.165) is 17.0 Å². The molecule has 0 aliphatic carbocycles. The smallest absolute Gasteiger partial charge is 0.304 e. The lowest BCUT2D eigenvalue weighted by Crippen LogP contribution is -2.30. The summed E-state index contributed by atoms with van der Waals surface area (Å²) >= 11 is 1.53. The third kappa shape index (κ3) is 3.43. The number of amides is 1. The van der Waals surface area contributed by atoms with Crippen LogP contribution in [0.4, 0.5) is 10.1 Å². The Kier molecular flexibility index (Phi) is 4.64. The molecule has 5 nitrogen and oxygen atoms in total. The van der Waals surface area contributed by atoms with Gasteiger partial charge >= 0.3 is 5.69 Å². The maximum absolute atomic E-state index is 13.6. The number of carbonyl (C=O) groups is 1. The molecule has 1 aromatic carbocycles. The van der Waals surface area contributed by atoms with Gasteiger partial charge in [-0.25, -0.2) is 0 Å². The van der Waals surface area contributed by atoms with Gasteiger partial charge in [-0.15, -0.1) is 11.3 Å². The van der Waals surface area contributed by atoms with Crippen molar-refractivity contribution in [1.82, 2.24) is 4.90 Å². The number of carbonyl (C=O) groups excluding carboxylic acids is 1. The van der Waals surface area contributed by atoms with Gasteiger partial charge in [-0.05, 0) is 30.5 Å². The molecule has 0 aliphatic rings. The van der Waals surface area contributed by atoms with Crippen LogP contribution in [0.1, 0.15) is 22.2 Å². The van der Waals surface area contributed by atoms with E-state index >= 15 is 0 Å². The summed E-state index contributed by atoms with van der Waals surface area (Å²) < 4.78 is 13.6. The Balaban J connectivity index is 2.21. The van der Waals surface area contributed by atoms with Crippen LogP contribution >= 0.6 is 11.3 Å². The number of rotatable bonds is 5. The van der Waals surface area contributed by atoms with Crippen LogP contribution in [0.5, 0.6) is 0 Å². The van der Waals surface area contributed by atoms with E-state index in [0.29, 0.717) is 13.1 Å². The van der Waals surface area contributed by atoms with E-state index in [2.05, 4.69) is 0 Å². The highest BCUT2D eigenvalue weighted by Crippen LogP contribution is 2.20. The molecule has 0 fully saturated rings. The molecule has 0 atom stereocenters. The van der Waals surface area contributed by atoms with E-state index in [1.807, 2.05) is 24.4 Å². The summed E-state index contributed by atoms with van der Waals surface area (Å²) in [5.74, 6) is -1.35. The van der Waals surface area contributed by atoms with Crippen LogP contribution in [-0.4, -0.2) is 22.3 Å². The number of thiophene rings is 1. The normalized spacial score (nSPS) is 10.4. The Bertz CT molecular complexity index is 658. The molecule has 0 saturated carbocycles. The number of nitro groups is 1. The van der Waals surface area contributed by atoms with Crippen molar-refractivity contribution in [2.45, 2.75) is 13.5 Å². The van der Waals surface area contributed by atoms with E-state index in [1.165, 1.54) is 17.4 Å². The van der Waals surface area contributed by atoms with Crippen molar-refractivity contribution < 1.29 is 14.1 Å². The fourth-order valence-corrected chi connectivity index (χ4v) is 2.61. The van der Waals surface area contributed by atoms with Gasteiger partial charge in [0.05, 0.1) is 11.5 Å². The zero-order valence-electron chi connectivity index (χ0n) is 11.3. The second-order valence-corrected chi connectivity index (χ2v) is 5.35. The average Bonchev–Trinajstić information content (AvgIpc) is 2.96. The van der Waals surface area contributed by atoms with Crippen molar-refractivity contribution in [1.29, 1.82) is 0 Å². The second-order valence-electron chi connectivity index (χ2n) is 4.32. The molecule has 1 heterocycles. The molecule has 0 radical (unpaired) electrons. The van der Waals surface area contributed by atoms with Crippen LogP contribution in [0.15, 0.2) is 35.7 Å². The van der Waals surface area contributed by atoms with Crippen molar-refractivity contribution in [2.75, 3.05) is 6.54 Å². The zero-order valence-corrected chi connectivity index (χ0v) is 12.1. The molecule has 0 aliphatic heterocycles. The molecule has 0 N–H and O–H groups in total. The molecule has 21 heavy (non-hydrogen) atoms. The number of benzene rings is 1. The number of nitro benzene ring substituents is 1. The molecule has 110 valence electrons. The SMILES string of the molecule is CCN(Cc1cccs1)C(=O)c1ccc([N+](=O)[O-])c(F)c1. The predicted molar refractivity (Wildman–Crippen MR) is 77.8 cm³/mol. The van der Waals surface area contributed by atoms with E-state index in [9.17, 15) is 19.3 Å². The highest BCUT2D eigenvalue weighted by Gasteiger charge is 2.20. The first kappa shape index (κ1) is 15.1. The molecule has 0 saturated heterocycles. The predicted octanol–water partition coefficient (Wildman–Crippen LogP) is 3.46. The molecule has 0 spiro atoms. The second kappa shape index (κ2) is 6.45. The Hall–Kier alpha value is -2.28. The first-order valence-corrected chi connectivity index (χ1v) is 7.16. The number of nitrogens with zero attached hydrogens (tertiary/aromatic N) is 2. The summed E-state index contributed by atoms with van der Waals surface area (Å²) in [5.41, 5.74) is -0.524. The molecule has 0 unspecified atom stereocenters. The summed E-state index contributed by atoms with van der Waals surface area (Å²) in [6, 6.07) is 7.01. The fourth-order valence-electron chi connectivity index (χ4n) is 1.89. The molecule has 0 bridgehead atoms. The van der Waals surface area contributed by atoms with Gasteiger partial charge in [0, 0.05) is 23.1 Å². The molecular formula is C14H13FN2O3S. The van der Waals surface area contributed by atoms with E-state index < -0.39 is 16.4 Å². The summed E-state index contributed by atoms with van der Waals surface area (Å²) in [6.07, 6.45) is 0. The van der Waals surface area contributed by atoms with Crippen molar-refractivity contribution in [3.8, 4) is 0 Å². The first-order valence-electron chi connectivity index (χ1n) is 6.28. The Labute approximate surface area is 124 Å². The van der Waals surface area contributed by atoms with Crippen LogP contribution in [0.3, 0.4) is 0 Å².